The predicted molar refractivity (Wildman–Crippen MR) is 98.3 cm³/mol. The Morgan fingerprint density at radius 3 is 2.52 bits per heavy atom. The number of rotatable bonds is 6. The molecule has 2 aromatic rings. The molecule has 3 rings (SSSR count). The number of ether oxygens (including phenoxy) is 2. The highest BCUT2D eigenvalue weighted by Crippen LogP contribution is 2.28. The maximum absolute atomic E-state index is 13.1. The fourth-order valence-corrected chi connectivity index (χ4v) is 3.08. The van der Waals surface area contributed by atoms with Crippen molar-refractivity contribution in [3.8, 4) is 11.5 Å². The summed E-state index contributed by atoms with van der Waals surface area (Å²) in [5.41, 5.74) is 1.46. The van der Waals surface area contributed by atoms with Crippen LogP contribution in [-0.2, 0) is 16.1 Å². The molecule has 0 bridgehead atoms. The van der Waals surface area contributed by atoms with Crippen LogP contribution < -0.4 is 19.7 Å². The second-order valence-corrected chi connectivity index (χ2v) is 6.29. The van der Waals surface area contributed by atoms with Gasteiger partial charge in [0, 0.05) is 25.2 Å². The Bertz CT molecular complexity index is 838. The lowest BCUT2D eigenvalue weighted by Gasteiger charge is -2.16. The Kier molecular flexibility index (Phi) is 5.59. The summed E-state index contributed by atoms with van der Waals surface area (Å²) in [4.78, 5) is 26.2. The van der Waals surface area contributed by atoms with Gasteiger partial charge in [0.2, 0.25) is 11.8 Å². The van der Waals surface area contributed by atoms with Crippen molar-refractivity contribution < 1.29 is 23.5 Å². The number of methoxy groups -OCH3 is 2. The summed E-state index contributed by atoms with van der Waals surface area (Å²) in [7, 11) is 3.11. The predicted octanol–water partition coefficient (Wildman–Crippen LogP) is 2.51. The topological polar surface area (TPSA) is 67.9 Å². The Morgan fingerprint density at radius 2 is 1.85 bits per heavy atom. The summed E-state index contributed by atoms with van der Waals surface area (Å²) in [6.07, 6.45) is 0.134. The van der Waals surface area contributed by atoms with E-state index >= 15 is 0 Å². The maximum Gasteiger partial charge on any atom is 0.227 e. The van der Waals surface area contributed by atoms with E-state index in [4.69, 9.17) is 9.47 Å². The molecular weight excluding hydrogens is 351 g/mol. The molecule has 6 nitrogen and oxygen atoms in total. The average Bonchev–Trinajstić information content (AvgIpc) is 3.08. The van der Waals surface area contributed by atoms with Gasteiger partial charge < -0.3 is 19.7 Å². The SMILES string of the molecule is COc1ccc(CNC(=O)C2CC(=O)N(c3ccc(F)cc3)C2)cc1OC. The molecule has 2 amide bonds. The number of carbonyl (C=O) groups excluding carboxylic acids is 2. The van der Waals surface area contributed by atoms with Crippen molar-refractivity contribution in [3.05, 3.63) is 53.8 Å². The van der Waals surface area contributed by atoms with Crippen LogP contribution in [0.4, 0.5) is 10.1 Å². The molecule has 2 aromatic carbocycles. The molecule has 1 aliphatic heterocycles. The van der Waals surface area contributed by atoms with Gasteiger partial charge in [-0.3, -0.25) is 9.59 Å². The molecule has 0 aromatic heterocycles. The molecular formula is C20H21FN2O4. The Morgan fingerprint density at radius 1 is 1.15 bits per heavy atom. The second kappa shape index (κ2) is 8.07. The third-order valence-electron chi connectivity index (χ3n) is 4.55. The fraction of sp³-hybridized carbons (Fsp3) is 0.300. The van der Waals surface area contributed by atoms with Gasteiger partial charge in [0.05, 0.1) is 20.1 Å². The van der Waals surface area contributed by atoms with Crippen LogP contribution in [0, 0.1) is 11.7 Å². The molecule has 7 heteroatoms. The fourth-order valence-electron chi connectivity index (χ4n) is 3.08. The number of hydrogen-bond acceptors (Lipinski definition) is 4. The summed E-state index contributed by atoms with van der Waals surface area (Å²) in [6, 6.07) is 11.1. The van der Waals surface area contributed by atoms with Gasteiger partial charge in [-0.1, -0.05) is 6.07 Å². The van der Waals surface area contributed by atoms with Gasteiger partial charge in [0.25, 0.3) is 0 Å². The van der Waals surface area contributed by atoms with Gasteiger partial charge in [0.1, 0.15) is 5.82 Å². The van der Waals surface area contributed by atoms with Crippen molar-refractivity contribution in [2.45, 2.75) is 13.0 Å². The molecule has 1 heterocycles. The third-order valence-corrected chi connectivity index (χ3v) is 4.55. The highest BCUT2D eigenvalue weighted by atomic mass is 19.1. The molecule has 1 N–H and O–H groups in total. The Hall–Kier alpha value is -3.09. The summed E-state index contributed by atoms with van der Waals surface area (Å²) in [6.45, 7) is 0.600. The zero-order valence-electron chi connectivity index (χ0n) is 15.2. The van der Waals surface area contributed by atoms with E-state index < -0.39 is 5.92 Å². The lowest BCUT2D eigenvalue weighted by atomic mass is 10.1. The molecule has 1 saturated heterocycles. The summed E-state index contributed by atoms with van der Waals surface area (Å²) in [5.74, 6) is 0.0552. The number of halogens is 1. The summed E-state index contributed by atoms with van der Waals surface area (Å²) >= 11 is 0. The first-order chi connectivity index (χ1) is 13.0. The van der Waals surface area contributed by atoms with E-state index in [1.165, 1.54) is 29.2 Å². The zero-order chi connectivity index (χ0) is 19.4. The normalized spacial score (nSPS) is 16.3. The van der Waals surface area contributed by atoms with E-state index in [9.17, 15) is 14.0 Å². The number of anilines is 1. The van der Waals surface area contributed by atoms with Crippen LogP contribution >= 0.6 is 0 Å². The molecule has 27 heavy (non-hydrogen) atoms. The van der Waals surface area contributed by atoms with Gasteiger partial charge in [-0.05, 0) is 42.0 Å². The largest absolute Gasteiger partial charge is 0.493 e. The summed E-state index contributed by atoms with van der Waals surface area (Å²) in [5, 5.41) is 2.86. The zero-order valence-corrected chi connectivity index (χ0v) is 15.2. The van der Waals surface area contributed by atoms with Crippen molar-refractivity contribution in [1.82, 2.24) is 5.32 Å². The molecule has 142 valence electrons. The molecule has 1 unspecified atom stereocenters. The first kappa shape index (κ1) is 18.7. The second-order valence-electron chi connectivity index (χ2n) is 6.29. The van der Waals surface area contributed by atoms with Crippen molar-refractivity contribution >= 4 is 17.5 Å². The minimum absolute atomic E-state index is 0.134. The molecule has 0 spiro atoms. The van der Waals surface area contributed by atoms with Crippen LogP contribution in [0.5, 0.6) is 11.5 Å². The van der Waals surface area contributed by atoms with Gasteiger partial charge in [-0.15, -0.1) is 0 Å². The highest BCUT2D eigenvalue weighted by Gasteiger charge is 2.35. The van der Waals surface area contributed by atoms with Crippen molar-refractivity contribution in [1.29, 1.82) is 0 Å². The van der Waals surface area contributed by atoms with Crippen LogP contribution in [0.3, 0.4) is 0 Å². The lowest BCUT2D eigenvalue weighted by molar-refractivity contribution is -0.126. The number of hydrogen-bond donors (Lipinski definition) is 1. The van der Waals surface area contributed by atoms with Crippen molar-refractivity contribution in [2.24, 2.45) is 5.92 Å². The molecule has 0 saturated carbocycles. The van der Waals surface area contributed by atoms with Gasteiger partial charge in [-0.25, -0.2) is 4.39 Å². The van der Waals surface area contributed by atoms with E-state index in [-0.39, 0.29) is 30.6 Å². The number of nitrogens with one attached hydrogen (secondary N) is 1. The van der Waals surface area contributed by atoms with Crippen LogP contribution in [0.15, 0.2) is 42.5 Å². The minimum Gasteiger partial charge on any atom is -0.493 e. The minimum atomic E-state index is -0.442. The standard InChI is InChI=1S/C20H21FN2O4/c1-26-17-8-3-13(9-18(17)27-2)11-22-20(25)14-10-19(24)23(12-14)16-6-4-15(21)5-7-16/h3-9,14H,10-12H2,1-2H3,(H,22,25). The van der Waals surface area contributed by atoms with Crippen LogP contribution in [-0.4, -0.2) is 32.6 Å². The molecule has 0 aliphatic carbocycles. The average molecular weight is 372 g/mol. The Labute approximate surface area is 156 Å². The number of benzene rings is 2. The van der Waals surface area contributed by atoms with Gasteiger partial charge in [0.15, 0.2) is 11.5 Å². The highest BCUT2D eigenvalue weighted by molar-refractivity contribution is 6.00. The molecule has 1 fully saturated rings. The Balaban J connectivity index is 1.60. The quantitative estimate of drug-likeness (QED) is 0.846. The maximum atomic E-state index is 13.1. The lowest BCUT2D eigenvalue weighted by Crippen LogP contribution is -2.32. The monoisotopic (exact) mass is 372 g/mol. The van der Waals surface area contributed by atoms with Crippen molar-refractivity contribution in [2.75, 3.05) is 25.7 Å². The van der Waals surface area contributed by atoms with Crippen LogP contribution in [0.1, 0.15) is 12.0 Å². The number of carbonyl (C=O) groups is 2. The molecule has 0 radical (unpaired) electrons. The first-order valence-corrected chi connectivity index (χ1v) is 8.56. The van der Waals surface area contributed by atoms with E-state index in [1.54, 1.807) is 26.4 Å². The van der Waals surface area contributed by atoms with Crippen LogP contribution in [0.25, 0.3) is 0 Å². The smallest absolute Gasteiger partial charge is 0.227 e. The number of nitrogens with zero attached hydrogens (tertiary/aromatic N) is 1. The third kappa shape index (κ3) is 4.19. The van der Waals surface area contributed by atoms with Gasteiger partial charge in [-0.2, -0.15) is 0 Å². The van der Waals surface area contributed by atoms with E-state index in [0.717, 1.165) is 5.56 Å². The number of amides is 2. The molecule has 1 atom stereocenters. The van der Waals surface area contributed by atoms with Gasteiger partial charge >= 0.3 is 0 Å². The van der Waals surface area contributed by atoms with Crippen LogP contribution in [0.2, 0.25) is 0 Å². The first-order valence-electron chi connectivity index (χ1n) is 8.56. The van der Waals surface area contributed by atoms with E-state index in [1.807, 2.05) is 6.07 Å². The molecule has 1 aliphatic rings. The van der Waals surface area contributed by atoms with E-state index in [0.29, 0.717) is 23.7 Å². The van der Waals surface area contributed by atoms with E-state index in [2.05, 4.69) is 5.32 Å². The van der Waals surface area contributed by atoms with Crippen molar-refractivity contribution in [3.63, 3.8) is 0 Å². The summed E-state index contributed by atoms with van der Waals surface area (Å²) < 4.78 is 23.5.